The van der Waals surface area contributed by atoms with E-state index in [2.05, 4.69) is 9.97 Å². The van der Waals surface area contributed by atoms with Crippen LogP contribution in [0, 0.1) is 0 Å². The first-order valence-corrected chi connectivity index (χ1v) is 2.94. The van der Waals surface area contributed by atoms with Crippen molar-refractivity contribution in [3.63, 3.8) is 0 Å². The van der Waals surface area contributed by atoms with Gasteiger partial charge in [0.25, 0.3) is 0 Å². The Hall–Kier alpha value is -1.71. The maximum atomic E-state index is 10.2. The fourth-order valence-corrected chi connectivity index (χ4v) is 0.618. The second-order valence-electron chi connectivity index (χ2n) is 1.80. The molecule has 0 unspecified atom stereocenters. The van der Waals surface area contributed by atoms with Crippen molar-refractivity contribution in [1.82, 2.24) is 9.97 Å². The summed E-state index contributed by atoms with van der Waals surface area (Å²) in [5, 5.41) is 8.53. The Morgan fingerprint density at radius 3 is 2.91 bits per heavy atom. The minimum Gasteiger partial charge on any atom is -0.515 e. The van der Waals surface area contributed by atoms with Crippen molar-refractivity contribution in [3.8, 4) is 0 Å². The fourth-order valence-electron chi connectivity index (χ4n) is 0.618. The highest BCUT2D eigenvalue weighted by atomic mass is 16.2. The summed E-state index contributed by atoms with van der Waals surface area (Å²) in [5.41, 5.74) is 0.560. The normalized spacial score (nSPS) is 11.1. The monoisotopic (exact) mass is 150 g/mol. The van der Waals surface area contributed by atoms with Crippen molar-refractivity contribution in [2.45, 2.75) is 0 Å². The zero-order valence-electron chi connectivity index (χ0n) is 5.64. The van der Waals surface area contributed by atoms with Crippen LogP contribution in [0.4, 0.5) is 0 Å². The Bertz CT molecular complexity index is 269. The molecule has 0 aliphatic heterocycles. The van der Waals surface area contributed by atoms with E-state index in [0.717, 1.165) is 6.26 Å². The number of aldehydes is 1. The van der Waals surface area contributed by atoms with Crippen LogP contribution in [-0.4, -0.2) is 21.4 Å². The van der Waals surface area contributed by atoms with Gasteiger partial charge >= 0.3 is 0 Å². The van der Waals surface area contributed by atoms with Crippen LogP contribution in [0.15, 0.2) is 24.9 Å². The molecule has 0 spiro atoms. The van der Waals surface area contributed by atoms with E-state index in [4.69, 9.17) is 5.11 Å². The van der Waals surface area contributed by atoms with Gasteiger partial charge < -0.3 is 5.11 Å². The van der Waals surface area contributed by atoms with Crippen LogP contribution in [0.25, 0.3) is 5.57 Å². The van der Waals surface area contributed by atoms with Gasteiger partial charge in [-0.2, -0.15) is 0 Å². The number of nitrogens with zero attached hydrogens (tertiary/aromatic N) is 2. The van der Waals surface area contributed by atoms with Crippen LogP contribution in [0.1, 0.15) is 5.69 Å². The largest absolute Gasteiger partial charge is 0.515 e. The Kier molecular flexibility index (Phi) is 2.32. The molecule has 0 aromatic carbocycles. The van der Waals surface area contributed by atoms with Gasteiger partial charge in [-0.3, -0.25) is 4.79 Å². The van der Waals surface area contributed by atoms with Crippen LogP contribution < -0.4 is 0 Å². The third-order valence-corrected chi connectivity index (χ3v) is 1.14. The first-order valence-electron chi connectivity index (χ1n) is 2.94. The number of hydrogen-bond acceptors (Lipinski definition) is 4. The molecule has 1 N–H and O–H groups in total. The molecule has 1 aromatic heterocycles. The second-order valence-corrected chi connectivity index (χ2v) is 1.80. The average Bonchev–Trinajstić information content (AvgIpc) is 2.09. The molecule has 0 bridgehead atoms. The molecule has 1 aromatic rings. The molecule has 0 radical (unpaired) electrons. The van der Waals surface area contributed by atoms with Crippen LogP contribution in [0.2, 0.25) is 0 Å². The minimum absolute atomic E-state index is 0.146. The molecule has 1 rings (SSSR count). The van der Waals surface area contributed by atoms with Gasteiger partial charge in [0, 0.05) is 6.20 Å². The average molecular weight is 150 g/mol. The molecule has 0 atom stereocenters. The number of aliphatic hydroxyl groups excluding tert-OH is 1. The van der Waals surface area contributed by atoms with E-state index < -0.39 is 0 Å². The number of aliphatic hydroxyl groups is 1. The van der Waals surface area contributed by atoms with Crippen molar-refractivity contribution in [2.24, 2.45) is 0 Å². The summed E-state index contributed by atoms with van der Waals surface area (Å²) < 4.78 is 0. The van der Waals surface area contributed by atoms with Gasteiger partial charge in [0.15, 0.2) is 6.29 Å². The number of hydrogen-bond donors (Lipinski definition) is 1. The Labute approximate surface area is 63.2 Å². The molecular formula is C7H6N2O2. The Morgan fingerprint density at radius 1 is 1.64 bits per heavy atom. The van der Waals surface area contributed by atoms with E-state index in [1.165, 1.54) is 18.6 Å². The summed E-state index contributed by atoms with van der Waals surface area (Å²) in [4.78, 5) is 17.7. The number of rotatable bonds is 2. The van der Waals surface area contributed by atoms with Crippen molar-refractivity contribution in [1.29, 1.82) is 0 Å². The summed E-state index contributed by atoms with van der Waals surface area (Å²) in [5.74, 6) is 0. The van der Waals surface area contributed by atoms with E-state index in [1.54, 1.807) is 0 Å². The Balaban J connectivity index is 3.01. The standard InChI is InChI=1S/C7H6N2O2/c10-3-6(4-11)7-1-2-8-5-9-7/h1-5,10H. The van der Waals surface area contributed by atoms with Crippen LogP contribution in [0.3, 0.4) is 0 Å². The number of carbonyl (C=O) groups excluding carboxylic acids is 1. The topological polar surface area (TPSA) is 63.1 Å². The number of allylic oxidation sites excluding steroid dienone is 1. The lowest BCUT2D eigenvalue weighted by Gasteiger charge is -1.93. The summed E-state index contributed by atoms with van der Waals surface area (Å²) in [6.07, 6.45) is 4.05. The molecule has 11 heavy (non-hydrogen) atoms. The zero-order chi connectivity index (χ0) is 8.10. The Morgan fingerprint density at radius 2 is 2.45 bits per heavy atom. The molecule has 0 saturated heterocycles. The molecule has 0 saturated carbocycles. The summed E-state index contributed by atoms with van der Waals surface area (Å²) in [7, 11) is 0. The van der Waals surface area contributed by atoms with Gasteiger partial charge in [0.05, 0.1) is 17.5 Å². The first-order chi connectivity index (χ1) is 5.38. The van der Waals surface area contributed by atoms with E-state index >= 15 is 0 Å². The van der Waals surface area contributed by atoms with E-state index in [1.807, 2.05) is 0 Å². The van der Waals surface area contributed by atoms with Gasteiger partial charge in [-0.1, -0.05) is 0 Å². The zero-order valence-corrected chi connectivity index (χ0v) is 5.64. The molecule has 0 fully saturated rings. The summed E-state index contributed by atoms with van der Waals surface area (Å²) in [6.45, 7) is 0. The molecule has 0 aliphatic carbocycles. The molecule has 0 aliphatic rings. The number of carbonyl (C=O) groups is 1. The van der Waals surface area contributed by atoms with E-state index in [-0.39, 0.29) is 5.57 Å². The molecular weight excluding hydrogens is 144 g/mol. The van der Waals surface area contributed by atoms with Crippen molar-refractivity contribution in [3.05, 3.63) is 30.5 Å². The van der Waals surface area contributed by atoms with Crippen molar-refractivity contribution < 1.29 is 9.90 Å². The number of aromatic nitrogens is 2. The second kappa shape index (κ2) is 3.46. The third-order valence-electron chi connectivity index (χ3n) is 1.14. The highest BCUT2D eigenvalue weighted by Gasteiger charge is 1.98. The lowest BCUT2D eigenvalue weighted by Crippen LogP contribution is -1.90. The van der Waals surface area contributed by atoms with E-state index in [9.17, 15) is 4.79 Å². The molecule has 4 heteroatoms. The summed E-state index contributed by atoms with van der Waals surface area (Å²) in [6, 6.07) is 1.54. The summed E-state index contributed by atoms with van der Waals surface area (Å²) >= 11 is 0. The van der Waals surface area contributed by atoms with Crippen LogP contribution in [0.5, 0.6) is 0 Å². The maximum Gasteiger partial charge on any atom is 0.155 e. The van der Waals surface area contributed by atoms with Gasteiger partial charge in [-0.25, -0.2) is 9.97 Å². The van der Waals surface area contributed by atoms with Gasteiger partial charge in [-0.05, 0) is 6.07 Å². The van der Waals surface area contributed by atoms with Crippen molar-refractivity contribution in [2.75, 3.05) is 0 Å². The highest BCUT2D eigenvalue weighted by Crippen LogP contribution is 2.04. The van der Waals surface area contributed by atoms with Gasteiger partial charge in [-0.15, -0.1) is 0 Å². The SMILES string of the molecule is O=CC(=CO)c1ccncn1. The van der Waals surface area contributed by atoms with E-state index in [0.29, 0.717) is 12.0 Å². The maximum absolute atomic E-state index is 10.2. The quantitative estimate of drug-likeness (QED) is 0.380. The van der Waals surface area contributed by atoms with Crippen molar-refractivity contribution >= 4 is 11.9 Å². The third kappa shape index (κ3) is 1.61. The molecule has 56 valence electrons. The minimum atomic E-state index is 0.146. The first kappa shape index (κ1) is 7.40. The smallest absolute Gasteiger partial charge is 0.155 e. The lowest BCUT2D eigenvalue weighted by atomic mass is 10.2. The van der Waals surface area contributed by atoms with Crippen LogP contribution in [-0.2, 0) is 4.79 Å². The fraction of sp³-hybridized carbons (Fsp3) is 0. The van der Waals surface area contributed by atoms with Gasteiger partial charge in [0.1, 0.15) is 6.33 Å². The van der Waals surface area contributed by atoms with Gasteiger partial charge in [0.2, 0.25) is 0 Å². The molecule has 4 nitrogen and oxygen atoms in total. The highest BCUT2D eigenvalue weighted by molar-refractivity contribution is 6.05. The lowest BCUT2D eigenvalue weighted by molar-refractivity contribution is -0.103. The molecule has 1 heterocycles. The predicted octanol–water partition coefficient (Wildman–Crippen LogP) is 0.574. The van der Waals surface area contributed by atoms with Crippen LogP contribution >= 0.6 is 0 Å². The predicted molar refractivity (Wildman–Crippen MR) is 38.7 cm³/mol. The molecule has 0 amide bonds.